The first-order valence-corrected chi connectivity index (χ1v) is 9.06. The van der Waals surface area contributed by atoms with Gasteiger partial charge in [-0.15, -0.1) is 0 Å². The average molecular weight is 371 g/mol. The second kappa shape index (κ2) is 7.29. The molecule has 0 bridgehead atoms. The molecule has 3 aromatic rings. The third kappa shape index (κ3) is 3.35. The number of pyridine rings is 1. The Morgan fingerprint density at radius 1 is 1.15 bits per heavy atom. The van der Waals surface area contributed by atoms with E-state index in [2.05, 4.69) is 20.4 Å². The number of hydrogen-bond donors (Lipinski definition) is 1. The molecule has 0 unspecified atom stereocenters. The van der Waals surface area contributed by atoms with Crippen LogP contribution in [-0.4, -0.2) is 43.5 Å². The van der Waals surface area contributed by atoms with Crippen LogP contribution in [0.3, 0.4) is 0 Å². The van der Waals surface area contributed by atoms with E-state index in [4.69, 9.17) is 11.6 Å². The van der Waals surface area contributed by atoms with E-state index in [0.29, 0.717) is 22.9 Å². The van der Waals surface area contributed by atoms with Crippen LogP contribution in [-0.2, 0) is 6.54 Å². The minimum absolute atomic E-state index is 0.00182. The number of fused-ring (bicyclic) bond motifs is 1. The number of nitrogens with zero attached hydrogens (tertiary/aromatic N) is 5. The number of carbonyl (C=O) groups excluding carboxylic acids is 1. The van der Waals surface area contributed by atoms with Crippen molar-refractivity contribution in [2.45, 2.75) is 25.8 Å². The van der Waals surface area contributed by atoms with E-state index in [1.165, 1.54) is 6.42 Å². The first kappa shape index (κ1) is 16.8. The quantitative estimate of drug-likeness (QED) is 0.764. The van der Waals surface area contributed by atoms with Crippen LogP contribution >= 0.6 is 11.6 Å². The van der Waals surface area contributed by atoms with Crippen LogP contribution in [0.2, 0.25) is 5.02 Å². The summed E-state index contributed by atoms with van der Waals surface area (Å²) in [5.74, 6) is 0.539. The fourth-order valence-corrected chi connectivity index (χ4v) is 3.39. The Hall–Kier alpha value is -2.67. The summed E-state index contributed by atoms with van der Waals surface area (Å²) in [6.07, 6.45) is 8.33. The molecule has 1 aliphatic heterocycles. The van der Waals surface area contributed by atoms with E-state index in [-0.39, 0.29) is 5.91 Å². The maximum Gasteiger partial charge on any atom is 0.255 e. The number of halogens is 1. The van der Waals surface area contributed by atoms with Crippen LogP contribution < -0.4 is 5.32 Å². The van der Waals surface area contributed by atoms with Crippen molar-refractivity contribution in [3.8, 4) is 0 Å². The molecule has 26 heavy (non-hydrogen) atoms. The smallest absolute Gasteiger partial charge is 0.255 e. The number of amides is 1. The SMILES string of the molecule is O=C(c1cnc(NCc2ccnc3ccnn23)c(Cl)c1)N1CCCCC1. The van der Waals surface area contributed by atoms with Gasteiger partial charge in [-0.25, -0.2) is 14.5 Å². The van der Waals surface area contributed by atoms with Crippen molar-refractivity contribution in [2.24, 2.45) is 0 Å². The summed E-state index contributed by atoms with van der Waals surface area (Å²) in [6, 6.07) is 5.41. The molecular formula is C18H19ClN6O. The highest BCUT2D eigenvalue weighted by Gasteiger charge is 2.19. The van der Waals surface area contributed by atoms with Crippen molar-refractivity contribution >= 4 is 29.0 Å². The van der Waals surface area contributed by atoms with Crippen LogP contribution in [0.5, 0.6) is 0 Å². The van der Waals surface area contributed by atoms with Gasteiger partial charge in [-0.2, -0.15) is 5.10 Å². The van der Waals surface area contributed by atoms with Crippen molar-refractivity contribution in [1.82, 2.24) is 24.5 Å². The Bertz CT molecular complexity index is 934. The lowest BCUT2D eigenvalue weighted by molar-refractivity contribution is 0.0724. The first-order chi connectivity index (χ1) is 12.7. The molecule has 1 amide bonds. The van der Waals surface area contributed by atoms with E-state index < -0.39 is 0 Å². The lowest BCUT2D eigenvalue weighted by Gasteiger charge is -2.26. The van der Waals surface area contributed by atoms with Gasteiger partial charge < -0.3 is 10.2 Å². The van der Waals surface area contributed by atoms with Crippen molar-refractivity contribution < 1.29 is 4.79 Å². The maximum absolute atomic E-state index is 12.5. The molecule has 7 nitrogen and oxygen atoms in total. The predicted octanol–water partition coefficient (Wildman–Crippen LogP) is 3.02. The number of rotatable bonds is 4. The molecule has 0 radical (unpaired) electrons. The van der Waals surface area contributed by atoms with E-state index >= 15 is 0 Å². The normalized spacial score (nSPS) is 14.6. The van der Waals surface area contributed by atoms with Gasteiger partial charge >= 0.3 is 0 Å². The van der Waals surface area contributed by atoms with Gasteiger partial charge in [-0.05, 0) is 31.4 Å². The third-order valence-corrected chi connectivity index (χ3v) is 4.83. The number of anilines is 1. The number of aromatic nitrogens is 4. The Morgan fingerprint density at radius 3 is 2.81 bits per heavy atom. The topological polar surface area (TPSA) is 75.4 Å². The number of piperidine rings is 1. The van der Waals surface area contributed by atoms with Gasteiger partial charge in [0.15, 0.2) is 5.65 Å². The zero-order valence-electron chi connectivity index (χ0n) is 14.2. The molecule has 4 heterocycles. The number of likely N-dealkylation sites (tertiary alicyclic amines) is 1. The van der Waals surface area contributed by atoms with Crippen LogP contribution in [0.15, 0.2) is 36.8 Å². The highest BCUT2D eigenvalue weighted by Crippen LogP contribution is 2.22. The Morgan fingerprint density at radius 2 is 2.00 bits per heavy atom. The summed E-state index contributed by atoms with van der Waals surface area (Å²) in [6.45, 7) is 2.10. The van der Waals surface area contributed by atoms with Gasteiger partial charge in [-0.1, -0.05) is 11.6 Å². The molecule has 3 aromatic heterocycles. The molecule has 1 aliphatic rings. The summed E-state index contributed by atoms with van der Waals surface area (Å²) < 4.78 is 1.76. The van der Waals surface area contributed by atoms with Gasteiger partial charge in [0.25, 0.3) is 5.91 Å². The Balaban J connectivity index is 1.47. The molecule has 1 N–H and O–H groups in total. The van der Waals surface area contributed by atoms with Gasteiger partial charge in [0.1, 0.15) is 5.82 Å². The molecule has 0 atom stereocenters. The summed E-state index contributed by atoms with van der Waals surface area (Å²) >= 11 is 6.35. The maximum atomic E-state index is 12.5. The first-order valence-electron chi connectivity index (χ1n) is 8.69. The molecule has 134 valence electrons. The predicted molar refractivity (Wildman–Crippen MR) is 99.3 cm³/mol. The largest absolute Gasteiger partial charge is 0.363 e. The standard InChI is InChI=1S/C18H19ClN6O/c19-15-10-13(18(26)24-8-2-1-3-9-24)11-21-17(15)22-12-14-4-6-20-16-5-7-23-25(14)16/h4-7,10-11H,1-3,8-9,12H2,(H,21,22). The zero-order chi connectivity index (χ0) is 17.9. The average Bonchev–Trinajstić information content (AvgIpc) is 3.16. The summed E-state index contributed by atoms with van der Waals surface area (Å²) in [5.41, 5.74) is 2.25. The molecule has 0 aliphatic carbocycles. The lowest BCUT2D eigenvalue weighted by atomic mass is 10.1. The molecule has 8 heteroatoms. The van der Waals surface area contributed by atoms with Gasteiger partial charge in [-0.3, -0.25) is 4.79 Å². The van der Waals surface area contributed by atoms with Crippen molar-refractivity contribution in [3.63, 3.8) is 0 Å². The number of nitrogens with one attached hydrogen (secondary N) is 1. The zero-order valence-corrected chi connectivity index (χ0v) is 15.0. The molecule has 0 saturated carbocycles. The van der Waals surface area contributed by atoms with E-state index in [9.17, 15) is 4.79 Å². The van der Waals surface area contributed by atoms with Crippen LogP contribution in [0.25, 0.3) is 5.65 Å². The second-order valence-corrected chi connectivity index (χ2v) is 6.71. The second-order valence-electron chi connectivity index (χ2n) is 6.30. The Kier molecular flexibility index (Phi) is 4.71. The van der Waals surface area contributed by atoms with Gasteiger partial charge in [0, 0.05) is 31.5 Å². The number of carbonyl (C=O) groups is 1. The summed E-state index contributed by atoms with van der Waals surface area (Å²) in [7, 11) is 0. The van der Waals surface area contributed by atoms with E-state index in [1.54, 1.807) is 29.2 Å². The third-order valence-electron chi connectivity index (χ3n) is 4.54. The molecular weight excluding hydrogens is 352 g/mol. The summed E-state index contributed by atoms with van der Waals surface area (Å²) in [5, 5.41) is 7.88. The highest BCUT2D eigenvalue weighted by molar-refractivity contribution is 6.33. The Labute approximate surface area is 156 Å². The van der Waals surface area contributed by atoms with E-state index in [0.717, 1.165) is 37.3 Å². The lowest BCUT2D eigenvalue weighted by Crippen LogP contribution is -2.35. The van der Waals surface area contributed by atoms with Crippen molar-refractivity contribution in [2.75, 3.05) is 18.4 Å². The summed E-state index contributed by atoms with van der Waals surface area (Å²) in [4.78, 5) is 23.0. The number of hydrogen-bond acceptors (Lipinski definition) is 5. The molecule has 1 fully saturated rings. The van der Waals surface area contributed by atoms with Gasteiger partial charge in [0.2, 0.25) is 0 Å². The van der Waals surface area contributed by atoms with Crippen LogP contribution in [0.4, 0.5) is 5.82 Å². The van der Waals surface area contributed by atoms with Gasteiger partial charge in [0.05, 0.1) is 29.0 Å². The fourth-order valence-electron chi connectivity index (χ4n) is 3.16. The van der Waals surface area contributed by atoms with Crippen molar-refractivity contribution in [3.05, 3.63) is 53.1 Å². The van der Waals surface area contributed by atoms with Crippen LogP contribution in [0.1, 0.15) is 35.3 Å². The highest BCUT2D eigenvalue weighted by atomic mass is 35.5. The minimum atomic E-state index is -0.00182. The molecule has 1 saturated heterocycles. The minimum Gasteiger partial charge on any atom is -0.363 e. The van der Waals surface area contributed by atoms with E-state index in [1.807, 2.05) is 17.0 Å². The van der Waals surface area contributed by atoms with Crippen LogP contribution in [0, 0.1) is 0 Å². The molecule has 0 aromatic carbocycles. The molecule has 4 rings (SSSR count). The fraction of sp³-hybridized carbons (Fsp3) is 0.333. The molecule has 0 spiro atoms. The monoisotopic (exact) mass is 370 g/mol. The van der Waals surface area contributed by atoms with Crippen molar-refractivity contribution in [1.29, 1.82) is 0 Å².